The molecule has 1 aromatic rings. The van der Waals surface area contributed by atoms with Crippen LogP contribution in [0.2, 0.25) is 0 Å². The van der Waals surface area contributed by atoms with E-state index in [-0.39, 0.29) is 0 Å². The maximum atomic E-state index is 2.33. The topological polar surface area (TPSA) is 6.48 Å². The van der Waals surface area contributed by atoms with E-state index in [9.17, 15) is 0 Å². The van der Waals surface area contributed by atoms with Crippen molar-refractivity contribution in [2.45, 2.75) is 9.79 Å². The molecule has 14 heavy (non-hydrogen) atoms. The number of rotatable bonds is 0. The fourth-order valence-corrected chi connectivity index (χ4v) is 3.90. The molecule has 1 aromatic carbocycles. The van der Waals surface area contributed by atoms with Crippen LogP contribution < -0.4 is 9.80 Å². The lowest BCUT2D eigenvalue weighted by molar-refractivity contribution is 1.07. The van der Waals surface area contributed by atoms with Crippen LogP contribution in [0.3, 0.4) is 0 Å². The minimum absolute atomic E-state index is 1.09. The monoisotopic (exact) mass is 224 g/mol. The fourth-order valence-electron chi connectivity index (χ4n) is 1.84. The lowest BCUT2D eigenvalue weighted by atomic mass is 10.2. The standard InChI is InChI=1S/C10H12N2S2/c1-11-5-13-9-4-8-10(3-7(9)11)14-6-12(8)2/h3-4H,5-6H2,1-2H3. The van der Waals surface area contributed by atoms with Crippen molar-refractivity contribution in [3.05, 3.63) is 12.1 Å². The van der Waals surface area contributed by atoms with E-state index >= 15 is 0 Å². The predicted octanol–water partition coefficient (Wildman–Crippen LogP) is 2.69. The summed E-state index contributed by atoms with van der Waals surface area (Å²) < 4.78 is 0. The van der Waals surface area contributed by atoms with Crippen molar-refractivity contribution in [2.75, 3.05) is 35.6 Å². The van der Waals surface area contributed by atoms with Crippen molar-refractivity contribution in [3.8, 4) is 0 Å². The molecule has 0 N–H and O–H groups in total. The minimum atomic E-state index is 1.09. The third kappa shape index (κ3) is 1.13. The van der Waals surface area contributed by atoms with Crippen LogP contribution in [0.1, 0.15) is 0 Å². The van der Waals surface area contributed by atoms with Gasteiger partial charge < -0.3 is 9.80 Å². The molecule has 2 heterocycles. The maximum absolute atomic E-state index is 2.33. The van der Waals surface area contributed by atoms with Gasteiger partial charge in [-0.2, -0.15) is 0 Å². The van der Waals surface area contributed by atoms with Gasteiger partial charge in [0.15, 0.2) is 0 Å². The summed E-state index contributed by atoms with van der Waals surface area (Å²) in [6.07, 6.45) is 0. The molecule has 4 heteroatoms. The van der Waals surface area contributed by atoms with Gasteiger partial charge in [0.05, 0.1) is 23.1 Å². The van der Waals surface area contributed by atoms with Gasteiger partial charge in [-0.3, -0.25) is 0 Å². The summed E-state index contributed by atoms with van der Waals surface area (Å²) in [6, 6.07) is 4.66. The Kier molecular flexibility index (Phi) is 1.89. The van der Waals surface area contributed by atoms with Gasteiger partial charge in [0.2, 0.25) is 0 Å². The van der Waals surface area contributed by atoms with Gasteiger partial charge in [-0.05, 0) is 12.1 Å². The van der Waals surface area contributed by atoms with Gasteiger partial charge in [-0.1, -0.05) is 0 Å². The van der Waals surface area contributed by atoms with E-state index in [2.05, 4.69) is 36.0 Å². The van der Waals surface area contributed by atoms with Crippen LogP contribution >= 0.6 is 23.5 Å². The summed E-state index contributed by atoms with van der Waals surface area (Å²) in [4.78, 5) is 7.50. The minimum Gasteiger partial charge on any atom is -0.364 e. The molecule has 0 aliphatic carbocycles. The molecule has 0 saturated heterocycles. The smallest absolute Gasteiger partial charge is 0.0683 e. The Morgan fingerprint density at radius 3 is 1.79 bits per heavy atom. The van der Waals surface area contributed by atoms with Crippen LogP contribution in [-0.2, 0) is 0 Å². The number of hydrogen-bond donors (Lipinski definition) is 0. The van der Waals surface area contributed by atoms with Crippen molar-refractivity contribution in [2.24, 2.45) is 0 Å². The summed E-state index contributed by atoms with van der Waals surface area (Å²) in [5, 5.41) is 0. The third-order valence-electron chi connectivity index (χ3n) is 2.69. The zero-order valence-electron chi connectivity index (χ0n) is 8.28. The average Bonchev–Trinajstić information content (AvgIpc) is 2.71. The number of hydrogen-bond acceptors (Lipinski definition) is 4. The largest absolute Gasteiger partial charge is 0.364 e. The SMILES string of the molecule is CN1CSc2cc3c(cc21)SCN3C. The van der Waals surface area contributed by atoms with E-state index < -0.39 is 0 Å². The van der Waals surface area contributed by atoms with Crippen molar-refractivity contribution >= 4 is 34.9 Å². The highest BCUT2D eigenvalue weighted by atomic mass is 32.2. The number of anilines is 2. The van der Waals surface area contributed by atoms with Crippen LogP contribution in [-0.4, -0.2) is 25.8 Å². The Hall–Kier alpha value is -0.480. The van der Waals surface area contributed by atoms with E-state index in [0.29, 0.717) is 0 Å². The highest BCUT2D eigenvalue weighted by Crippen LogP contribution is 2.47. The van der Waals surface area contributed by atoms with Crippen LogP contribution in [0.15, 0.2) is 21.9 Å². The van der Waals surface area contributed by atoms with Gasteiger partial charge in [0, 0.05) is 23.9 Å². The van der Waals surface area contributed by atoms with Gasteiger partial charge >= 0.3 is 0 Å². The fraction of sp³-hybridized carbons (Fsp3) is 0.400. The summed E-state index contributed by atoms with van der Waals surface area (Å²) in [5.41, 5.74) is 2.80. The Labute approximate surface area is 92.6 Å². The highest BCUT2D eigenvalue weighted by molar-refractivity contribution is 8.00. The number of fused-ring (bicyclic) bond motifs is 2. The summed E-state index contributed by atoms with van der Waals surface area (Å²) >= 11 is 3.87. The molecule has 0 unspecified atom stereocenters. The zero-order chi connectivity index (χ0) is 9.71. The number of nitrogens with zero attached hydrogens (tertiary/aromatic N) is 2. The van der Waals surface area contributed by atoms with Gasteiger partial charge in [-0.25, -0.2) is 0 Å². The second-order valence-corrected chi connectivity index (χ2v) is 5.70. The second-order valence-electron chi connectivity index (χ2n) is 3.73. The molecule has 2 nitrogen and oxygen atoms in total. The molecule has 3 rings (SSSR count). The molecular formula is C10H12N2S2. The van der Waals surface area contributed by atoms with Crippen LogP contribution in [0.25, 0.3) is 0 Å². The number of benzene rings is 1. The van der Waals surface area contributed by atoms with Crippen LogP contribution in [0.4, 0.5) is 11.4 Å². The lowest BCUT2D eigenvalue weighted by Crippen LogP contribution is -2.11. The molecular weight excluding hydrogens is 212 g/mol. The Morgan fingerprint density at radius 1 is 0.929 bits per heavy atom. The normalized spacial score (nSPS) is 18.7. The van der Waals surface area contributed by atoms with Crippen molar-refractivity contribution in [3.63, 3.8) is 0 Å². The summed E-state index contributed by atoms with van der Waals surface area (Å²) in [6.45, 7) is 0. The van der Waals surface area contributed by atoms with Crippen molar-refractivity contribution in [1.82, 2.24) is 0 Å². The molecule has 0 atom stereocenters. The lowest BCUT2D eigenvalue weighted by Gasteiger charge is -2.13. The van der Waals surface area contributed by atoms with E-state index in [4.69, 9.17) is 0 Å². The van der Waals surface area contributed by atoms with E-state index in [1.54, 1.807) is 0 Å². The molecule has 2 aliphatic heterocycles. The van der Waals surface area contributed by atoms with Crippen LogP contribution in [0, 0.1) is 0 Å². The summed E-state index contributed by atoms with van der Waals surface area (Å²) in [7, 11) is 4.32. The Morgan fingerprint density at radius 2 is 1.36 bits per heavy atom. The van der Waals surface area contributed by atoms with Gasteiger partial charge in [0.25, 0.3) is 0 Å². The molecule has 0 radical (unpaired) electrons. The maximum Gasteiger partial charge on any atom is 0.0683 e. The summed E-state index contributed by atoms with van der Waals surface area (Å²) in [5.74, 6) is 2.18. The molecule has 0 amide bonds. The first kappa shape index (κ1) is 8.80. The first-order valence-electron chi connectivity index (χ1n) is 4.61. The van der Waals surface area contributed by atoms with Crippen molar-refractivity contribution in [1.29, 1.82) is 0 Å². The van der Waals surface area contributed by atoms with Crippen molar-refractivity contribution < 1.29 is 0 Å². The third-order valence-corrected chi connectivity index (χ3v) is 5.00. The molecule has 0 spiro atoms. The molecule has 0 bridgehead atoms. The Bertz CT molecular complexity index is 354. The molecule has 0 fully saturated rings. The quantitative estimate of drug-likeness (QED) is 0.668. The van der Waals surface area contributed by atoms with E-state index in [0.717, 1.165) is 11.8 Å². The van der Waals surface area contributed by atoms with E-state index in [1.165, 1.54) is 21.2 Å². The van der Waals surface area contributed by atoms with E-state index in [1.807, 2.05) is 23.5 Å². The Balaban J connectivity index is 2.15. The molecule has 0 saturated carbocycles. The second kappa shape index (κ2) is 3.00. The molecule has 74 valence electrons. The van der Waals surface area contributed by atoms with Crippen LogP contribution in [0.5, 0.6) is 0 Å². The number of thioether (sulfide) groups is 2. The van der Waals surface area contributed by atoms with Gasteiger partial charge in [0.1, 0.15) is 0 Å². The first-order valence-corrected chi connectivity index (χ1v) is 6.59. The molecule has 0 aromatic heterocycles. The highest BCUT2D eigenvalue weighted by Gasteiger charge is 2.23. The average molecular weight is 224 g/mol. The zero-order valence-corrected chi connectivity index (χ0v) is 9.91. The van der Waals surface area contributed by atoms with Gasteiger partial charge in [-0.15, -0.1) is 23.5 Å². The molecule has 2 aliphatic rings. The predicted molar refractivity (Wildman–Crippen MR) is 64.7 cm³/mol. The first-order chi connectivity index (χ1) is 6.75.